The minimum atomic E-state index is -0.0734. The van der Waals surface area contributed by atoms with Gasteiger partial charge in [0.15, 0.2) is 5.13 Å². The fourth-order valence-electron chi connectivity index (χ4n) is 2.04. The van der Waals surface area contributed by atoms with Gasteiger partial charge in [0.2, 0.25) is 5.91 Å². The molecule has 0 aliphatic rings. The van der Waals surface area contributed by atoms with Crippen LogP contribution in [0.2, 0.25) is 0 Å². The van der Waals surface area contributed by atoms with E-state index in [1.807, 2.05) is 60.0 Å². The van der Waals surface area contributed by atoms with Gasteiger partial charge in [0.05, 0.1) is 5.69 Å². The number of thiazole rings is 1. The van der Waals surface area contributed by atoms with Crippen LogP contribution >= 0.6 is 11.3 Å². The average molecular weight is 309 g/mol. The normalized spacial score (nSPS) is 10.2. The van der Waals surface area contributed by atoms with Crippen molar-refractivity contribution >= 4 is 33.8 Å². The molecule has 0 spiro atoms. The van der Waals surface area contributed by atoms with Crippen LogP contribution in [0.15, 0.2) is 60.0 Å². The predicted molar refractivity (Wildman–Crippen MR) is 91.6 cm³/mol. The lowest BCUT2D eigenvalue weighted by molar-refractivity contribution is -0.114. The lowest BCUT2D eigenvalue weighted by Gasteiger charge is -2.03. The highest BCUT2D eigenvalue weighted by Crippen LogP contribution is 2.27. The average Bonchev–Trinajstić information content (AvgIpc) is 2.97. The summed E-state index contributed by atoms with van der Waals surface area (Å²) in [6.45, 7) is 1.50. The van der Waals surface area contributed by atoms with Crippen molar-refractivity contribution in [3.63, 3.8) is 0 Å². The molecule has 0 radical (unpaired) electrons. The van der Waals surface area contributed by atoms with E-state index in [4.69, 9.17) is 0 Å². The maximum Gasteiger partial charge on any atom is 0.221 e. The standard InChI is InChI=1S/C17H15N3OS/c1-12(21)18-15-9-7-13(8-10-15)16-11-22-17(20-16)19-14-5-3-2-4-6-14/h2-11H,1H3,(H,18,21)(H,19,20). The van der Waals surface area contributed by atoms with Gasteiger partial charge in [0.25, 0.3) is 0 Å². The molecule has 1 heterocycles. The molecule has 110 valence electrons. The number of hydrogen-bond acceptors (Lipinski definition) is 4. The lowest BCUT2D eigenvalue weighted by atomic mass is 10.1. The third kappa shape index (κ3) is 3.51. The molecular weight excluding hydrogens is 294 g/mol. The van der Waals surface area contributed by atoms with Crippen molar-refractivity contribution < 1.29 is 4.79 Å². The van der Waals surface area contributed by atoms with Crippen molar-refractivity contribution in [3.8, 4) is 11.3 Å². The molecule has 0 unspecified atom stereocenters. The Labute approximate surface area is 132 Å². The van der Waals surface area contributed by atoms with E-state index in [1.54, 1.807) is 11.3 Å². The van der Waals surface area contributed by atoms with E-state index < -0.39 is 0 Å². The Morgan fingerprint density at radius 2 is 1.73 bits per heavy atom. The zero-order valence-corrected chi connectivity index (χ0v) is 12.9. The van der Waals surface area contributed by atoms with Crippen LogP contribution in [-0.4, -0.2) is 10.9 Å². The van der Waals surface area contributed by atoms with Gasteiger partial charge < -0.3 is 10.6 Å². The van der Waals surface area contributed by atoms with Gasteiger partial charge in [-0.15, -0.1) is 11.3 Å². The summed E-state index contributed by atoms with van der Waals surface area (Å²) in [5, 5.41) is 8.90. The summed E-state index contributed by atoms with van der Waals surface area (Å²) in [6, 6.07) is 17.6. The molecule has 0 aliphatic carbocycles. The molecule has 0 saturated carbocycles. The van der Waals surface area contributed by atoms with E-state index in [0.717, 1.165) is 27.8 Å². The highest BCUT2D eigenvalue weighted by atomic mass is 32.1. The highest BCUT2D eigenvalue weighted by Gasteiger charge is 2.05. The first-order chi connectivity index (χ1) is 10.7. The summed E-state index contributed by atoms with van der Waals surface area (Å²) < 4.78 is 0. The van der Waals surface area contributed by atoms with E-state index >= 15 is 0 Å². The van der Waals surface area contributed by atoms with Crippen molar-refractivity contribution in [1.29, 1.82) is 0 Å². The second kappa shape index (κ2) is 6.41. The van der Waals surface area contributed by atoms with Crippen molar-refractivity contribution in [2.75, 3.05) is 10.6 Å². The summed E-state index contributed by atoms with van der Waals surface area (Å²) >= 11 is 1.56. The molecule has 0 aliphatic heterocycles. The summed E-state index contributed by atoms with van der Waals surface area (Å²) in [5.74, 6) is -0.0734. The monoisotopic (exact) mass is 309 g/mol. The summed E-state index contributed by atoms with van der Waals surface area (Å²) in [5.41, 5.74) is 3.74. The molecule has 0 atom stereocenters. The number of carbonyl (C=O) groups excluding carboxylic acids is 1. The number of hydrogen-bond donors (Lipinski definition) is 2. The van der Waals surface area contributed by atoms with E-state index in [0.29, 0.717) is 0 Å². The van der Waals surface area contributed by atoms with Gasteiger partial charge in [0, 0.05) is 29.2 Å². The van der Waals surface area contributed by atoms with Crippen LogP contribution in [0, 0.1) is 0 Å². The smallest absolute Gasteiger partial charge is 0.221 e. The first-order valence-electron chi connectivity index (χ1n) is 6.86. The molecule has 4 nitrogen and oxygen atoms in total. The molecule has 22 heavy (non-hydrogen) atoms. The van der Waals surface area contributed by atoms with Crippen LogP contribution in [0.5, 0.6) is 0 Å². The number of nitrogens with zero attached hydrogens (tertiary/aromatic N) is 1. The van der Waals surface area contributed by atoms with Crippen molar-refractivity contribution in [2.24, 2.45) is 0 Å². The highest BCUT2D eigenvalue weighted by molar-refractivity contribution is 7.14. The van der Waals surface area contributed by atoms with E-state index in [9.17, 15) is 4.79 Å². The minimum Gasteiger partial charge on any atom is -0.332 e. The number of anilines is 3. The van der Waals surface area contributed by atoms with Crippen LogP contribution in [0.3, 0.4) is 0 Å². The molecule has 1 aromatic heterocycles. The van der Waals surface area contributed by atoms with Gasteiger partial charge >= 0.3 is 0 Å². The molecule has 0 saturated heterocycles. The predicted octanol–water partition coefficient (Wildman–Crippen LogP) is 4.51. The Kier molecular flexibility index (Phi) is 4.16. The summed E-state index contributed by atoms with van der Waals surface area (Å²) in [6.07, 6.45) is 0. The third-order valence-corrected chi connectivity index (χ3v) is 3.79. The molecule has 3 rings (SSSR count). The lowest BCUT2D eigenvalue weighted by Crippen LogP contribution is -2.05. The molecule has 0 bridgehead atoms. The van der Waals surface area contributed by atoms with Crippen LogP contribution in [0.4, 0.5) is 16.5 Å². The number of benzene rings is 2. The zero-order valence-electron chi connectivity index (χ0n) is 12.0. The zero-order chi connectivity index (χ0) is 15.4. The number of aromatic nitrogens is 1. The van der Waals surface area contributed by atoms with E-state index in [-0.39, 0.29) is 5.91 Å². The van der Waals surface area contributed by atoms with Gasteiger partial charge in [-0.2, -0.15) is 0 Å². The minimum absolute atomic E-state index is 0.0734. The Balaban J connectivity index is 1.74. The van der Waals surface area contributed by atoms with E-state index in [2.05, 4.69) is 15.6 Å². The fraction of sp³-hybridized carbons (Fsp3) is 0.0588. The van der Waals surface area contributed by atoms with Gasteiger partial charge in [-0.3, -0.25) is 4.79 Å². The number of para-hydroxylation sites is 1. The number of amides is 1. The second-order valence-electron chi connectivity index (χ2n) is 4.79. The third-order valence-electron chi connectivity index (χ3n) is 3.03. The van der Waals surface area contributed by atoms with Crippen LogP contribution in [-0.2, 0) is 4.79 Å². The Bertz CT molecular complexity index is 766. The molecule has 2 aromatic carbocycles. The van der Waals surface area contributed by atoms with Gasteiger partial charge in [-0.05, 0) is 24.3 Å². The Morgan fingerprint density at radius 3 is 2.41 bits per heavy atom. The number of nitrogens with one attached hydrogen (secondary N) is 2. The first-order valence-corrected chi connectivity index (χ1v) is 7.74. The van der Waals surface area contributed by atoms with Crippen molar-refractivity contribution in [3.05, 3.63) is 60.0 Å². The topological polar surface area (TPSA) is 54.0 Å². The Hall–Kier alpha value is -2.66. The maximum absolute atomic E-state index is 11.0. The largest absolute Gasteiger partial charge is 0.332 e. The Morgan fingerprint density at radius 1 is 1.00 bits per heavy atom. The molecule has 5 heteroatoms. The van der Waals surface area contributed by atoms with Gasteiger partial charge in [-0.1, -0.05) is 30.3 Å². The maximum atomic E-state index is 11.0. The molecule has 2 N–H and O–H groups in total. The summed E-state index contributed by atoms with van der Waals surface area (Å²) in [4.78, 5) is 15.6. The van der Waals surface area contributed by atoms with Gasteiger partial charge in [0.1, 0.15) is 0 Å². The van der Waals surface area contributed by atoms with Crippen LogP contribution < -0.4 is 10.6 Å². The van der Waals surface area contributed by atoms with Crippen molar-refractivity contribution in [1.82, 2.24) is 4.98 Å². The van der Waals surface area contributed by atoms with Crippen molar-refractivity contribution in [2.45, 2.75) is 6.92 Å². The first kappa shape index (κ1) is 14.3. The summed E-state index contributed by atoms with van der Waals surface area (Å²) in [7, 11) is 0. The van der Waals surface area contributed by atoms with Gasteiger partial charge in [-0.25, -0.2) is 4.98 Å². The van der Waals surface area contributed by atoms with Crippen LogP contribution in [0.1, 0.15) is 6.92 Å². The quantitative estimate of drug-likeness (QED) is 0.745. The van der Waals surface area contributed by atoms with Crippen LogP contribution in [0.25, 0.3) is 11.3 Å². The second-order valence-corrected chi connectivity index (χ2v) is 5.65. The fourth-order valence-corrected chi connectivity index (χ4v) is 2.78. The number of rotatable bonds is 4. The molecular formula is C17H15N3OS. The molecule has 1 amide bonds. The van der Waals surface area contributed by atoms with E-state index in [1.165, 1.54) is 6.92 Å². The number of carbonyl (C=O) groups is 1. The SMILES string of the molecule is CC(=O)Nc1ccc(-c2csc(Nc3ccccc3)n2)cc1. The molecule has 3 aromatic rings. The molecule has 0 fully saturated rings.